The molecule has 0 spiro atoms. The van der Waals surface area contributed by atoms with Crippen LogP contribution in [0.2, 0.25) is 25.1 Å². The van der Waals surface area contributed by atoms with E-state index in [1.807, 2.05) is 6.92 Å². The van der Waals surface area contributed by atoms with E-state index in [4.69, 9.17) is 67.5 Å². The van der Waals surface area contributed by atoms with Crippen LogP contribution < -0.4 is 4.74 Å². The molecular weight excluding hydrogens is 457 g/mol. The molecule has 0 saturated carbocycles. The van der Waals surface area contributed by atoms with Gasteiger partial charge in [0.1, 0.15) is 10.0 Å². The monoisotopic (exact) mass is 476 g/mol. The number of ether oxygens (including phenoxy) is 2. The fourth-order valence-corrected chi connectivity index (χ4v) is 3.44. The second-order valence-corrected chi connectivity index (χ2v) is 7.91. The van der Waals surface area contributed by atoms with Gasteiger partial charge in [-0.05, 0) is 26.2 Å². The Labute approximate surface area is 184 Å². The Bertz CT molecular complexity index is 649. The first-order valence-corrected chi connectivity index (χ1v) is 10.5. The molecule has 1 atom stereocenters. The summed E-state index contributed by atoms with van der Waals surface area (Å²) < 4.78 is 10.4. The summed E-state index contributed by atoms with van der Waals surface area (Å²) in [5, 5.41) is -0.356. The summed E-state index contributed by atoms with van der Waals surface area (Å²) in [5.41, 5.74) is 0. The van der Waals surface area contributed by atoms with Crippen molar-refractivity contribution in [1.29, 1.82) is 0 Å². The Morgan fingerprint density at radius 3 is 1.89 bits per heavy atom. The second-order valence-electron chi connectivity index (χ2n) is 6.02. The van der Waals surface area contributed by atoms with Crippen LogP contribution in [0.3, 0.4) is 0 Å². The Hall–Kier alpha value is -0.390. The average Bonchev–Trinajstić information content (AvgIpc) is 2.62. The predicted molar refractivity (Wildman–Crippen MR) is 111 cm³/mol. The van der Waals surface area contributed by atoms with Crippen molar-refractivity contribution >= 4 is 69.9 Å². The minimum Gasteiger partial charge on any atom is -0.463 e. The zero-order chi connectivity index (χ0) is 20.6. The molecule has 9 heteroatoms. The van der Waals surface area contributed by atoms with Gasteiger partial charge in [0, 0.05) is 12.8 Å². The molecule has 0 aromatic heterocycles. The topological polar surface area (TPSA) is 52.6 Å². The summed E-state index contributed by atoms with van der Waals surface area (Å²) in [6.45, 7) is 3.97. The minimum absolute atomic E-state index is 0.0240. The number of carbonyl (C=O) groups excluding carboxylic acids is 2. The molecule has 0 radical (unpaired) electrons. The van der Waals surface area contributed by atoms with Gasteiger partial charge in [-0.15, -0.1) is 0 Å². The van der Waals surface area contributed by atoms with Gasteiger partial charge in [-0.1, -0.05) is 77.8 Å². The Balaban J connectivity index is 2.48. The van der Waals surface area contributed by atoms with Crippen LogP contribution in [0.5, 0.6) is 5.75 Å². The lowest BCUT2D eigenvalue weighted by atomic mass is 10.1. The molecule has 27 heavy (non-hydrogen) atoms. The Morgan fingerprint density at radius 2 is 1.33 bits per heavy atom. The fourth-order valence-electron chi connectivity index (χ4n) is 2.24. The first kappa shape index (κ1) is 24.6. The maximum absolute atomic E-state index is 12.0. The van der Waals surface area contributed by atoms with Crippen LogP contribution in [0.25, 0.3) is 0 Å². The van der Waals surface area contributed by atoms with Crippen LogP contribution in [0.15, 0.2) is 0 Å². The standard InChI is InChI=1S/C18H21Cl5O4/c1-3-4-5-7-10(2)26-11(24)8-6-9-12(25)27-18-16(22)14(20)13(19)15(21)17(18)23/h10H,3-9H2,1-2H3. The molecule has 0 aliphatic rings. The summed E-state index contributed by atoms with van der Waals surface area (Å²) in [6.07, 6.45) is 4.29. The molecule has 1 rings (SSSR count). The molecule has 0 bridgehead atoms. The summed E-state index contributed by atoms with van der Waals surface area (Å²) in [7, 11) is 0. The molecular formula is C18H21Cl5O4. The van der Waals surface area contributed by atoms with E-state index in [2.05, 4.69) is 6.92 Å². The van der Waals surface area contributed by atoms with Crippen molar-refractivity contribution in [2.45, 2.75) is 64.9 Å². The third-order valence-electron chi connectivity index (χ3n) is 3.69. The van der Waals surface area contributed by atoms with Gasteiger partial charge in [0.15, 0.2) is 5.75 Å². The third-order valence-corrected chi connectivity index (χ3v) is 5.94. The number of rotatable bonds is 10. The molecule has 4 nitrogen and oxygen atoms in total. The molecule has 0 aliphatic heterocycles. The van der Waals surface area contributed by atoms with Crippen molar-refractivity contribution in [3.05, 3.63) is 25.1 Å². The predicted octanol–water partition coefficient (Wildman–Crippen LogP) is 7.54. The summed E-state index contributed by atoms with van der Waals surface area (Å²) >= 11 is 29.7. The molecule has 1 aromatic rings. The van der Waals surface area contributed by atoms with Gasteiger partial charge >= 0.3 is 11.9 Å². The van der Waals surface area contributed by atoms with Gasteiger partial charge in [-0.25, -0.2) is 0 Å². The quantitative estimate of drug-likeness (QED) is 0.115. The van der Waals surface area contributed by atoms with E-state index >= 15 is 0 Å². The van der Waals surface area contributed by atoms with Crippen molar-refractivity contribution in [3.63, 3.8) is 0 Å². The lowest BCUT2D eigenvalue weighted by molar-refractivity contribution is -0.148. The van der Waals surface area contributed by atoms with Crippen LogP contribution in [0, 0.1) is 0 Å². The van der Waals surface area contributed by atoms with Gasteiger partial charge in [-0.2, -0.15) is 0 Å². The van der Waals surface area contributed by atoms with E-state index in [1.54, 1.807) is 0 Å². The lowest BCUT2D eigenvalue weighted by Gasteiger charge is -2.13. The van der Waals surface area contributed by atoms with E-state index in [0.717, 1.165) is 25.7 Å². The van der Waals surface area contributed by atoms with Gasteiger partial charge in [-0.3, -0.25) is 9.59 Å². The zero-order valence-corrected chi connectivity index (χ0v) is 18.8. The van der Waals surface area contributed by atoms with Crippen molar-refractivity contribution in [2.75, 3.05) is 0 Å². The van der Waals surface area contributed by atoms with Gasteiger partial charge in [0.2, 0.25) is 0 Å². The Morgan fingerprint density at radius 1 is 0.815 bits per heavy atom. The normalized spacial score (nSPS) is 12.0. The molecule has 0 aliphatic carbocycles. The summed E-state index contributed by atoms with van der Waals surface area (Å²) in [6, 6.07) is 0. The lowest BCUT2D eigenvalue weighted by Crippen LogP contribution is -2.15. The van der Waals surface area contributed by atoms with Crippen LogP contribution >= 0.6 is 58.0 Å². The van der Waals surface area contributed by atoms with Crippen molar-refractivity contribution in [1.82, 2.24) is 0 Å². The highest BCUT2D eigenvalue weighted by atomic mass is 35.5. The maximum Gasteiger partial charge on any atom is 0.311 e. The molecule has 0 N–H and O–H groups in total. The molecule has 1 unspecified atom stereocenters. The highest BCUT2D eigenvalue weighted by Crippen LogP contribution is 2.48. The first-order valence-electron chi connectivity index (χ1n) is 8.60. The highest BCUT2D eigenvalue weighted by molar-refractivity contribution is 6.55. The van der Waals surface area contributed by atoms with Gasteiger partial charge in [0.05, 0.1) is 21.2 Å². The molecule has 0 saturated heterocycles. The average molecular weight is 479 g/mol. The van der Waals surface area contributed by atoms with E-state index in [9.17, 15) is 9.59 Å². The van der Waals surface area contributed by atoms with E-state index in [1.165, 1.54) is 0 Å². The zero-order valence-electron chi connectivity index (χ0n) is 15.0. The number of benzene rings is 1. The third kappa shape index (κ3) is 7.86. The number of unbranched alkanes of at least 4 members (excludes halogenated alkanes) is 2. The number of hydrogen-bond donors (Lipinski definition) is 0. The van der Waals surface area contributed by atoms with E-state index in [-0.39, 0.29) is 62.2 Å². The van der Waals surface area contributed by atoms with Crippen molar-refractivity contribution in [2.24, 2.45) is 0 Å². The Kier molecular flexibility index (Phi) is 11.2. The van der Waals surface area contributed by atoms with Gasteiger partial charge in [0.25, 0.3) is 0 Å². The van der Waals surface area contributed by atoms with Crippen LogP contribution in [-0.2, 0) is 14.3 Å². The number of carbonyl (C=O) groups is 2. The minimum atomic E-state index is -0.628. The first-order chi connectivity index (χ1) is 12.7. The molecule has 0 heterocycles. The smallest absolute Gasteiger partial charge is 0.311 e. The number of esters is 2. The molecule has 152 valence electrons. The highest BCUT2D eigenvalue weighted by Gasteiger charge is 2.22. The molecule has 1 aromatic carbocycles. The number of halogens is 5. The SMILES string of the molecule is CCCCCC(C)OC(=O)CCCC(=O)Oc1c(Cl)c(Cl)c(Cl)c(Cl)c1Cl. The second kappa shape index (κ2) is 12.2. The number of hydrogen-bond acceptors (Lipinski definition) is 4. The van der Waals surface area contributed by atoms with E-state index in [0.29, 0.717) is 0 Å². The molecule has 0 fully saturated rings. The largest absolute Gasteiger partial charge is 0.463 e. The maximum atomic E-state index is 12.0. The summed E-state index contributed by atoms with van der Waals surface area (Å²) in [5.74, 6) is -1.13. The van der Waals surface area contributed by atoms with Crippen LogP contribution in [0.4, 0.5) is 0 Å². The van der Waals surface area contributed by atoms with Crippen molar-refractivity contribution < 1.29 is 19.1 Å². The van der Waals surface area contributed by atoms with Crippen molar-refractivity contribution in [3.8, 4) is 5.75 Å². The van der Waals surface area contributed by atoms with E-state index < -0.39 is 5.97 Å². The molecule has 0 amide bonds. The van der Waals surface area contributed by atoms with Crippen LogP contribution in [0.1, 0.15) is 58.8 Å². The van der Waals surface area contributed by atoms with Crippen LogP contribution in [-0.4, -0.2) is 18.0 Å². The van der Waals surface area contributed by atoms with Gasteiger partial charge < -0.3 is 9.47 Å². The summed E-state index contributed by atoms with van der Waals surface area (Å²) in [4.78, 5) is 23.8. The fraction of sp³-hybridized carbons (Fsp3) is 0.556.